The first-order chi connectivity index (χ1) is 7.67. The molecule has 1 aromatic carbocycles. The minimum atomic E-state index is -0.0122. The van der Waals surface area contributed by atoms with Gasteiger partial charge in [0.1, 0.15) is 5.75 Å². The highest BCUT2D eigenvalue weighted by molar-refractivity contribution is 5.94. The van der Waals surface area contributed by atoms with E-state index in [0.29, 0.717) is 23.5 Å². The van der Waals surface area contributed by atoms with Crippen molar-refractivity contribution < 1.29 is 9.53 Å². The quantitative estimate of drug-likeness (QED) is 0.752. The number of amides is 1. The lowest BCUT2D eigenvalue weighted by Crippen LogP contribution is -2.12. The molecule has 1 aromatic rings. The minimum absolute atomic E-state index is 0.0122. The lowest BCUT2D eigenvalue weighted by molar-refractivity contribution is -0.116. The summed E-state index contributed by atoms with van der Waals surface area (Å²) in [7, 11) is 1.58. The summed E-state index contributed by atoms with van der Waals surface area (Å²) in [6.07, 6.45) is 2.41. The van der Waals surface area contributed by atoms with Gasteiger partial charge in [0, 0.05) is 12.5 Å². The Morgan fingerprint density at radius 3 is 2.88 bits per heavy atom. The highest BCUT2D eigenvalue weighted by Crippen LogP contribution is 2.24. The number of rotatable bonds is 5. The maximum atomic E-state index is 11.5. The molecule has 16 heavy (non-hydrogen) atoms. The molecule has 0 aliphatic carbocycles. The monoisotopic (exact) mass is 222 g/mol. The second-order valence-electron chi connectivity index (χ2n) is 3.60. The van der Waals surface area contributed by atoms with E-state index in [1.807, 2.05) is 6.92 Å². The molecular weight excluding hydrogens is 204 g/mol. The van der Waals surface area contributed by atoms with Gasteiger partial charge >= 0.3 is 0 Å². The third kappa shape index (κ3) is 3.46. The van der Waals surface area contributed by atoms with Crippen molar-refractivity contribution in [2.24, 2.45) is 0 Å². The average Bonchev–Trinajstić information content (AvgIpc) is 2.29. The first-order valence-electron chi connectivity index (χ1n) is 5.40. The van der Waals surface area contributed by atoms with Gasteiger partial charge in [0.25, 0.3) is 0 Å². The van der Waals surface area contributed by atoms with Crippen LogP contribution in [-0.4, -0.2) is 13.0 Å². The fourth-order valence-corrected chi connectivity index (χ4v) is 1.32. The van der Waals surface area contributed by atoms with Crippen molar-refractivity contribution in [3.05, 3.63) is 18.2 Å². The average molecular weight is 222 g/mol. The fraction of sp³-hybridized carbons (Fsp3) is 0.417. The molecule has 4 heteroatoms. The van der Waals surface area contributed by atoms with Crippen LogP contribution < -0.4 is 15.8 Å². The lowest BCUT2D eigenvalue weighted by Gasteiger charge is -2.09. The molecule has 0 spiro atoms. The molecule has 0 atom stereocenters. The first-order valence-corrected chi connectivity index (χ1v) is 5.40. The van der Waals surface area contributed by atoms with Gasteiger partial charge in [0.2, 0.25) is 5.91 Å². The van der Waals surface area contributed by atoms with Gasteiger partial charge < -0.3 is 15.8 Å². The molecule has 0 saturated carbocycles. The predicted molar refractivity (Wildman–Crippen MR) is 65.6 cm³/mol. The van der Waals surface area contributed by atoms with E-state index < -0.39 is 0 Å². The molecule has 0 bridgehead atoms. The molecule has 0 saturated heterocycles. The molecule has 0 radical (unpaired) electrons. The maximum Gasteiger partial charge on any atom is 0.224 e. The Labute approximate surface area is 95.8 Å². The summed E-state index contributed by atoms with van der Waals surface area (Å²) in [5.74, 6) is 0.668. The van der Waals surface area contributed by atoms with Crippen molar-refractivity contribution in [3.63, 3.8) is 0 Å². The van der Waals surface area contributed by atoms with Crippen LogP contribution in [0.2, 0.25) is 0 Å². The van der Waals surface area contributed by atoms with Crippen molar-refractivity contribution in [3.8, 4) is 5.75 Å². The standard InChI is InChI=1S/C12H18N2O2/c1-3-4-5-12(15)14-11-8-9(16-2)6-7-10(11)13/h6-8H,3-5,13H2,1-2H3,(H,14,15). The van der Waals surface area contributed by atoms with E-state index in [4.69, 9.17) is 10.5 Å². The molecule has 1 amide bonds. The topological polar surface area (TPSA) is 64.3 Å². The zero-order valence-electron chi connectivity index (χ0n) is 9.75. The van der Waals surface area contributed by atoms with E-state index in [-0.39, 0.29) is 5.91 Å². The summed E-state index contributed by atoms with van der Waals surface area (Å²) in [4.78, 5) is 11.5. The lowest BCUT2D eigenvalue weighted by atomic mass is 10.2. The summed E-state index contributed by atoms with van der Waals surface area (Å²) in [6.45, 7) is 2.05. The van der Waals surface area contributed by atoms with Crippen LogP contribution in [0, 0.1) is 0 Å². The van der Waals surface area contributed by atoms with Gasteiger partial charge in [-0.15, -0.1) is 0 Å². The van der Waals surface area contributed by atoms with Crippen molar-refractivity contribution in [2.75, 3.05) is 18.2 Å². The number of benzene rings is 1. The summed E-state index contributed by atoms with van der Waals surface area (Å²) >= 11 is 0. The van der Waals surface area contributed by atoms with E-state index in [0.717, 1.165) is 12.8 Å². The van der Waals surface area contributed by atoms with Crippen LogP contribution in [0.4, 0.5) is 11.4 Å². The van der Waals surface area contributed by atoms with Crippen LogP contribution in [0.3, 0.4) is 0 Å². The zero-order valence-corrected chi connectivity index (χ0v) is 9.75. The van der Waals surface area contributed by atoms with E-state index in [1.165, 1.54) is 0 Å². The van der Waals surface area contributed by atoms with Gasteiger partial charge in [-0.25, -0.2) is 0 Å². The highest BCUT2D eigenvalue weighted by Gasteiger charge is 2.05. The SMILES string of the molecule is CCCCC(=O)Nc1cc(OC)ccc1N. The molecule has 1 rings (SSSR count). The molecule has 3 N–H and O–H groups in total. The van der Waals surface area contributed by atoms with Crippen molar-refractivity contribution in [1.29, 1.82) is 0 Å². The van der Waals surface area contributed by atoms with Gasteiger partial charge in [-0.05, 0) is 18.6 Å². The maximum absolute atomic E-state index is 11.5. The van der Waals surface area contributed by atoms with Crippen LogP contribution in [0.1, 0.15) is 26.2 Å². The summed E-state index contributed by atoms with van der Waals surface area (Å²) in [5, 5.41) is 2.78. The van der Waals surface area contributed by atoms with Crippen molar-refractivity contribution >= 4 is 17.3 Å². The summed E-state index contributed by atoms with van der Waals surface area (Å²) in [5.41, 5.74) is 6.91. The third-order valence-electron chi connectivity index (χ3n) is 2.29. The number of nitrogen functional groups attached to an aromatic ring is 1. The normalized spacial score (nSPS) is 9.88. The van der Waals surface area contributed by atoms with Crippen LogP contribution in [0.5, 0.6) is 5.75 Å². The number of unbranched alkanes of at least 4 members (excludes halogenated alkanes) is 1. The number of carbonyl (C=O) groups excluding carboxylic acids is 1. The predicted octanol–water partition coefficient (Wildman–Crippen LogP) is 2.41. The third-order valence-corrected chi connectivity index (χ3v) is 2.29. The van der Waals surface area contributed by atoms with Crippen molar-refractivity contribution in [2.45, 2.75) is 26.2 Å². The van der Waals surface area contributed by atoms with E-state index in [2.05, 4.69) is 5.32 Å². The van der Waals surface area contributed by atoms with E-state index >= 15 is 0 Å². The Morgan fingerprint density at radius 2 is 2.25 bits per heavy atom. The van der Waals surface area contributed by atoms with Crippen molar-refractivity contribution in [1.82, 2.24) is 0 Å². The van der Waals surface area contributed by atoms with Gasteiger partial charge in [0.15, 0.2) is 0 Å². The fourth-order valence-electron chi connectivity index (χ4n) is 1.32. The Bertz CT molecular complexity index is 364. The number of ether oxygens (including phenoxy) is 1. The Balaban J connectivity index is 2.68. The zero-order chi connectivity index (χ0) is 12.0. The van der Waals surface area contributed by atoms with Gasteiger partial charge in [-0.3, -0.25) is 4.79 Å². The van der Waals surface area contributed by atoms with E-state index in [9.17, 15) is 4.79 Å². The number of methoxy groups -OCH3 is 1. The Hall–Kier alpha value is -1.71. The molecular formula is C12H18N2O2. The number of carbonyl (C=O) groups is 1. The highest BCUT2D eigenvalue weighted by atomic mass is 16.5. The number of hydrogen-bond acceptors (Lipinski definition) is 3. The molecule has 0 heterocycles. The molecule has 0 aromatic heterocycles. The summed E-state index contributed by atoms with van der Waals surface area (Å²) in [6, 6.07) is 5.20. The molecule has 88 valence electrons. The van der Waals surface area contributed by atoms with Crippen LogP contribution >= 0.6 is 0 Å². The van der Waals surface area contributed by atoms with Gasteiger partial charge in [-0.1, -0.05) is 13.3 Å². The molecule has 0 aliphatic heterocycles. The van der Waals surface area contributed by atoms with E-state index in [1.54, 1.807) is 25.3 Å². The van der Waals surface area contributed by atoms with Crippen LogP contribution in [-0.2, 0) is 4.79 Å². The number of anilines is 2. The number of nitrogens with one attached hydrogen (secondary N) is 1. The van der Waals surface area contributed by atoms with Gasteiger partial charge in [-0.2, -0.15) is 0 Å². The smallest absolute Gasteiger partial charge is 0.224 e. The number of hydrogen-bond donors (Lipinski definition) is 2. The van der Waals surface area contributed by atoms with Gasteiger partial charge in [0.05, 0.1) is 18.5 Å². The largest absolute Gasteiger partial charge is 0.497 e. The molecule has 0 aliphatic rings. The van der Waals surface area contributed by atoms with Crippen LogP contribution in [0.15, 0.2) is 18.2 Å². The molecule has 0 unspecified atom stereocenters. The first kappa shape index (κ1) is 12.4. The summed E-state index contributed by atoms with van der Waals surface area (Å²) < 4.78 is 5.07. The Morgan fingerprint density at radius 1 is 1.50 bits per heavy atom. The number of nitrogens with two attached hydrogens (primary N) is 1. The Kier molecular flexibility index (Phi) is 4.64. The second kappa shape index (κ2) is 6.00. The molecule has 0 fully saturated rings. The molecule has 4 nitrogen and oxygen atoms in total. The second-order valence-corrected chi connectivity index (χ2v) is 3.60. The minimum Gasteiger partial charge on any atom is -0.497 e. The van der Waals surface area contributed by atoms with Crippen LogP contribution in [0.25, 0.3) is 0 Å².